The number of carbonyl (C=O) groups excluding carboxylic acids is 1. The molecule has 1 amide bonds. The Kier molecular flexibility index (Phi) is 4.90. The van der Waals surface area contributed by atoms with Crippen LogP contribution in [0.2, 0.25) is 0 Å². The average molecular weight is 237 g/mol. The van der Waals surface area contributed by atoms with Crippen LogP contribution in [0.25, 0.3) is 0 Å². The number of carbonyl (C=O) groups is 1. The second kappa shape index (κ2) is 6.20. The highest BCUT2D eigenvalue weighted by atomic mass is 16.5. The first-order valence-electron chi connectivity index (χ1n) is 5.54. The molecule has 5 heteroatoms. The van der Waals surface area contributed by atoms with E-state index in [4.69, 9.17) is 10.5 Å². The van der Waals surface area contributed by atoms with E-state index in [9.17, 15) is 4.79 Å². The third-order valence-electron chi connectivity index (χ3n) is 2.34. The first kappa shape index (κ1) is 13.4. The molecule has 2 N–H and O–H groups in total. The topological polar surface area (TPSA) is 68.5 Å². The minimum atomic E-state index is 0.0411. The van der Waals surface area contributed by atoms with Crippen molar-refractivity contribution in [2.45, 2.75) is 19.9 Å². The molecule has 0 spiro atoms. The molecule has 0 saturated heterocycles. The molecule has 1 heterocycles. The standard InChI is InChI=1S/C12H19N3O2/c1-9-4-5-11(10(8-13)14-9)17-7-6-12(16)15(2)3/h4-5H,6-8,13H2,1-3H3. The number of aromatic nitrogens is 1. The van der Waals surface area contributed by atoms with Crippen molar-refractivity contribution in [3.63, 3.8) is 0 Å². The molecule has 0 fully saturated rings. The van der Waals surface area contributed by atoms with Crippen LogP contribution in [0.15, 0.2) is 12.1 Å². The van der Waals surface area contributed by atoms with Gasteiger partial charge in [-0.25, -0.2) is 0 Å². The van der Waals surface area contributed by atoms with Gasteiger partial charge in [0.2, 0.25) is 5.91 Å². The minimum absolute atomic E-state index is 0.0411. The van der Waals surface area contributed by atoms with E-state index in [1.165, 1.54) is 0 Å². The van der Waals surface area contributed by atoms with E-state index in [-0.39, 0.29) is 5.91 Å². The fourth-order valence-corrected chi connectivity index (χ4v) is 1.35. The van der Waals surface area contributed by atoms with Crippen LogP contribution in [-0.4, -0.2) is 36.5 Å². The smallest absolute Gasteiger partial charge is 0.225 e. The zero-order valence-corrected chi connectivity index (χ0v) is 10.6. The Balaban J connectivity index is 2.54. The van der Waals surface area contributed by atoms with Gasteiger partial charge in [-0.15, -0.1) is 0 Å². The summed E-state index contributed by atoms with van der Waals surface area (Å²) in [6, 6.07) is 3.70. The van der Waals surface area contributed by atoms with Crippen LogP contribution in [-0.2, 0) is 11.3 Å². The van der Waals surface area contributed by atoms with Crippen LogP contribution in [0, 0.1) is 6.92 Å². The molecular formula is C12H19N3O2. The lowest BCUT2D eigenvalue weighted by Crippen LogP contribution is -2.23. The Hall–Kier alpha value is -1.62. The Morgan fingerprint density at radius 2 is 2.18 bits per heavy atom. The third kappa shape index (κ3) is 4.03. The van der Waals surface area contributed by atoms with Gasteiger partial charge < -0.3 is 15.4 Å². The van der Waals surface area contributed by atoms with Gasteiger partial charge in [0, 0.05) is 26.3 Å². The van der Waals surface area contributed by atoms with E-state index in [0.717, 1.165) is 11.4 Å². The predicted molar refractivity (Wildman–Crippen MR) is 65.7 cm³/mol. The van der Waals surface area contributed by atoms with Gasteiger partial charge >= 0.3 is 0 Å². The van der Waals surface area contributed by atoms with Crippen LogP contribution in [0.3, 0.4) is 0 Å². The largest absolute Gasteiger partial charge is 0.491 e. The molecule has 0 aliphatic heterocycles. The number of hydrogen-bond donors (Lipinski definition) is 1. The Morgan fingerprint density at radius 1 is 1.47 bits per heavy atom. The molecule has 0 aliphatic carbocycles. The summed E-state index contributed by atoms with van der Waals surface area (Å²) < 4.78 is 5.51. The average Bonchev–Trinajstić information content (AvgIpc) is 2.30. The molecular weight excluding hydrogens is 218 g/mol. The van der Waals surface area contributed by atoms with E-state index < -0.39 is 0 Å². The van der Waals surface area contributed by atoms with Crippen molar-refractivity contribution in [3.05, 3.63) is 23.5 Å². The van der Waals surface area contributed by atoms with Gasteiger partial charge in [0.15, 0.2) is 0 Å². The summed E-state index contributed by atoms with van der Waals surface area (Å²) in [5.74, 6) is 0.698. The summed E-state index contributed by atoms with van der Waals surface area (Å²) in [6.45, 7) is 2.58. The number of rotatable bonds is 5. The lowest BCUT2D eigenvalue weighted by atomic mass is 10.3. The first-order valence-corrected chi connectivity index (χ1v) is 5.54. The molecule has 0 aromatic carbocycles. The van der Waals surface area contributed by atoms with Crippen molar-refractivity contribution in [1.29, 1.82) is 0 Å². The van der Waals surface area contributed by atoms with Gasteiger partial charge in [0.1, 0.15) is 5.75 Å². The fraction of sp³-hybridized carbons (Fsp3) is 0.500. The molecule has 1 aromatic rings. The first-order chi connectivity index (χ1) is 8.04. The molecule has 0 bridgehead atoms. The fourth-order valence-electron chi connectivity index (χ4n) is 1.35. The number of nitrogens with zero attached hydrogens (tertiary/aromatic N) is 2. The summed E-state index contributed by atoms with van der Waals surface area (Å²) in [7, 11) is 3.45. The van der Waals surface area contributed by atoms with Crippen LogP contribution in [0.5, 0.6) is 5.75 Å². The molecule has 94 valence electrons. The Bertz CT molecular complexity index is 391. The van der Waals surface area contributed by atoms with Gasteiger partial charge in [-0.2, -0.15) is 0 Å². The van der Waals surface area contributed by atoms with Crippen LogP contribution >= 0.6 is 0 Å². The summed E-state index contributed by atoms with van der Waals surface area (Å²) >= 11 is 0. The molecule has 0 atom stereocenters. The van der Waals surface area contributed by atoms with Crippen LogP contribution < -0.4 is 10.5 Å². The van der Waals surface area contributed by atoms with E-state index in [1.807, 2.05) is 19.1 Å². The lowest BCUT2D eigenvalue weighted by molar-refractivity contribution is -0.129. The lowest BCUT2D eigenvalue weighted by Gasteiger charge is -2.12. The predicted octanol–water partition coefficient (Wildman–Crippen LogP) is 0.706. The maximum Gasteiger partial charge on any atom is 0.225 e. The number of hydrogen-bond acceptors (Lipinski definition) is 4. The van der Waals surface area contributed by atoms with E-state index >= 15 is 0 Å². The molecule has 0 aliphatic rings. The SMILES string of the molecule is Cc1ccc(OCCC(=O)N(C)C)c(CN)n1. The molecule has 5 nitrogen and oxygen atoms in total. The molecule has 0 saturated carbocycles. The van der Waals surface area contributed by atoms with Crippen molar-refractivity contribution in [2.24, 2.45) is 5.73 Å². The van der Waals surface area contributed by atoms with Crippen molar-refractivity contribution in [3.8, 4) is 5.75 Å². The molecule has 0 radical (unpaired) electrons. The quantitative estimate of drug-likeness (QED) is 0.818. The van der Waals surface area contributed by atoms with Crippen molar-refractivity contribution in [2.75, 3.05) is 20.7 Å². The number of pyridine rings is 1. The number of ether oxygens (including phenoxy) is 1. The maximum absolute atomic E-state index is 11.3. The zero-order valence-electron chi connectivity index (χ0n) is 10.6. The van der Waals surface area contributed by atoms with Crippen molar-refractivity contribution in [1.82, 2.24) is 9.88 Å². The molecule has 17 heavy (non-hydrogen) atoms. The van der Waals surface area contributed by atoms with Crippen LogP contribution in [0.4, 0.5) is 0 Å². The maximum atomic E-state index is 11.3. The van der Waals surface area contributed by atoms with E-state index in [0.29, 0.717) is 25.3 Å². The van der Waals surface area contributed by atoms with Gasteiger partial charge in [0.25, 0.3) is 0 Å². The third-order valence-corrected chi connectivity index (χ3v) is 2.34. The second-order valence-corrected chi connectivity index (χ2v) is 3.99. The molecule has 1 aromatic heterocycles. The van der Waals surface area contributed by atoms with Gasteiger partial charge in [-0.05, 0) is 19.1 Å². The van der Waals surface area contributed by atoms with E-state index in [2.05, 4.69) is 4.98 Å². The Labute approximate surface area is 102 Å². The molecule has 0 unspecified atom stereocenters. The highest BCUT2D eigenvalue weighted by Crippen LogP contribution is 2.16. The number of amides is 1. The zero-order chi connectivity index (χ0) is 12.8. The van der Waals surface area contributed by atoms with E-state index in [1.54, 1.807) is 19.0 Å². The summed E-state index contributed by atoms with van der Waals surface area (Å²) in [6.07, 6.45) is 0.352. The van der Waals surface area contributed by atoms with Gasteiger partial charge in [-0.3, -0.25) is 9.78 Å². The second-order valence-electron chi connectivity index (χ2n) is 3.99. The Morgan fingerprint density at radius 3 is 2.76 bits per heavy atom. The van der Waals surface area contributed by atoms with Gasteiger partial charge in [0.05, 0.1) is 18.7 Å². The molecule has 1 rings (SSSR count). The summed E-state index contributed by atoms with van der Waals surface area (Å²) in [5.41, 5.74) is 7.21. The normalized spacial score (nSPS) is 10.1. The minimum Gasteiger partial charge on any atom is -0.491 e. The van der Waals surface area contributed by atoms with Crippen molar-refractivity contribution >= 4 is 5.91 Å². The van der Waals surface area contributed by atoms with Crippen LogP contribution in [0.1, 0.15) is 17.8 Å². The summed E-state index contributed by atoms with van der Waals surface area (Å²) in [4.78, 5) is 17.2. The van der Waals surface area contributed by atoms with Crippen molar-refractivity contribution < 1.29 is 9.53 Å². The summed E-state index contributed by atoms with van der Waals surface area (Å²) in [5, 5.41) is 0. The highest BCUT2D eigenvalue weighted by molar-refractivity contribution is 5.75. The van der Waals surface area contributed by atoms with Gasteiger partial charge in [-0.1, -0.05) is 0 Å². The monoisotopic (exact) mass is 237 g/mol. The number of aryl methyl sites for hydroxylation is 1. The number of nitrogens with two attached hydrogens (primary N) is 1. The highest BCUT2D eigenvalue weighted by Gasteiger charge is 2.07.